The number of rotatable bonds is 14. The van der Waals surface area contributed by atoms with E-state index in [1.807, 2.05) is 6.92 Å². The number of unbranched alkanes of at least 4 members (excludes halogenated alkanes) is 1. The Hall–Kier alpha value is -0.200. The quantitative estimate of drug-likeness (QED) is 0.372. The average Bonchev–Trinajstić information content (AvgIpc) is 2.35. The molecule has 5 nitrogen and oxygen atoms in total. The minimum absolute atomic E-state index is 0.572. The van der Waals surface area contributed by atoms with Gasteiger partial charge in [0.25, 0.3) is 0 Å². The third-order valence-corrected chi connectivity index (χ3v) is 2.00. The van der Waals surface area contributed by atoms with Gasteiger partial charge in [0.1, 0.15) is 0 Å². The molecule has 0 saturated heterocycles. The van der Waals surface area contributed by atoms with Gasteiger partial charge >= 0.3 is 0 Å². The summed E-state index contributed by atoms with van der Waals surface area (Å²) in [6.45, 7) is 9.48. The lowest BCUT2D eigenvalue weighted by atomic mass is 10.4. The van der Waals surface area contributed by atoms with Crippen molar-refractivity contribution in [2.75, 3.05) is 52.8 Å². The summed E-state index contributed by atoms with van der Waals surface area (Å²) in [4.78, 5) is 5.16. The first-order valence-corrected chi connectivity index (χ1v) is 6.49. The van der Waals surface area contributed by atoms with E-state index in [-0.39, 0.29) is 0 Å². The molecule has 0 amide bonds. The van der Waals surface area contributed by atoms with Crippen LogP contribution < -0.4 is 5.48 Å². The lowest BCUT2D eigenvalue weighted by Crippen LogP contribution is -2.23. The smallest absolute Gasteiger partial charge is 0.0916 e. The Balaban J connectivity index is 2.85. The van der Waals surface area contributed by atoms with Crippen LogP contribution in [0.1, 0.15) is 26.7 Å². The molecule has 0 aliphatic carbocycles. The predicted molar refractivity (Wildman–Crippen MR) is 67.0 cm³/mol. The minimum Gasteiger partial charge on any atom is -0.379 e. The van der Waals surface area contributed by atoms with E-state index in [4.69, 9.17) is 19.0 Å². The fraction of sp³-hybridized carbons (Fsp3) is 1.00. The number of ether oxygens (including phenoxy) is 3. The van der Waals surface area contributed by atoms with Crippen molar-refractivity contribution in [3.05, 3.63) is 0 Å². The Morgan fingerprint density at radius 2 is 1.47 bits per heavy atom. The van der Waals surface area contributed by atoms with Crippen molar-refractivity contribution >= 4 is 0 Å². The van der Waals surface area contributed by atoms with Crippen LogP contribution in [0.3, 0.4) is 0 Å². The van der Waals surface area contributed by atoms with Gasteiger partial charge in [0.2, 0.25) is 0 Å². The van der Waals surface area contributed by atoms with Gasteiger partial charge in [0.05, 0.1) is 33.0 Å². The van der Waals surface area contributed by atoms with Crippen molar-refractivity contribution in [2.45, 2.75) is 26.7 Å². The molecule has 0 bridgehead atoms. The van der Waals surface area contributed by atoms with E-state index in [0.717, 1.165) is 26.1 Å². The molecule has 17 heavy (non-hydrogen) atoms. The molecule has 0 spiro atoms. The van der Waals surface area contributed by atoms with Crippen LogP contribution in [-0.4, -0.2) is 52.8 Å². The van der Waals surface area contributed by atoms with Gasteiger partial charge in [-0.25, -0.2) is 5.48 Å². The maximum absolute atomic E-state index is 5.33. The Labute approximate surface area is 105 Å². The van der Waals surface area contributed by atoms with Gasteiger partial charge in [-0.3, -0.25) is 4.84 Å². The molecule has 0 aromatic carbocycles. The molecule has 0 unspecified atom stereocenters. The number of hydroxylamine groups is 1. The molecule has 0 atom stereocenters. The van der Waals surface area contributed by atoms with Crippen LogP contribution in [0.2, 0.25) is 0 Å². The second-order valence-corrected chi connectivity index (χ2v) is 3.52. The van der Waals surface area contributed by atoms with Crippen LogP contribution in [0.25, 0.3) is 0 Å². The van der Waals surface area contributed by atoms with E-state index in [1.165, 1.54) is 0 Å². The van der Waals surface area contributed by atoms with Crippen molar-refractivity contribution in [2.24, 2.45) is 0 Å². The van der Waals surface area contributed by atoms with E-state index in [9.17, 15) is 0 Å². The van der Waals surface area contributed by atoms with Crippen molar-refractivity contribution in [3.63, 3.8) is 0 Å². The molecule has 0 saturated carbocycles. The molecule has 0 fully saturated rings. The molecule has 0 aromatic heterocycles. The Kier molecular flexibility index (Phi) is 15.6. The molecular formula is C12H27NO4. The summed E-state index contributed by atoms with van der Waals surface area (Å²) < 4.78 is 15.8. The molecule has 0 aromatic rings. The molecule has 1 N–H and O–H groups in total. The second-order valence-electron chi connectivity index (χ2n) is 3.52. The van der Waals surface area contributed by atoms with E-state index < -0.39 is 0 Å². The molecule has 0 aliphatic rings. The molecule has 0 radical (unpaired) electrons. The van der Waals surface area contributed by atoms with Crippen molar-refractivity contribution in [3.8, 4) is 0 Å². The number of hydrogen-bond donors (Lipinski definition) is 1. The van der Waals surface area contributed by atoms with Crippen LogP contribution in [0.15, 0.2) is 0 Å². The van der Waals surface area contributed by atoms with Crippen LogP contribution in [0.4, 0.5) is 0 Å². The fourth-order valence-electron chi connectivity index (χ4n) is 1.07. The Bertz CT molecular complexity index is 122. The standard InChI is InChI=1S/C12H27NO4/c1-3-5-7-15-11-12-17-13-6-8-16-10-9-14-4-2/h13H,3-12H2,1-2H3. The topological polar surface area (TPSA) is 49.0 Å². The fourth-order valence-corrected chi connectivity index (χ4v) is 1.07. The average molecular weight is 249 g/mol. The maximum atomic E-state index is 5.33. The van der Waals surface area contributed by atoms with Gasteiger partial charge < -0.3 is 14.2 Å². The summed E-state index contributed by atoms with van der Waals surface area (Å²) in [5.41, 5.74) is 2.82. The van der Waals surface area contributed by atoms with Gasteiger partial charge in [0.15, 0.2) is 0 Å². The third-order valence-electron chi connectivity index (χ3n) is 2.00. The highest BCUT2D eigenvalue weighted by atomic mass is 16.7. The highest BCUT2D eigenvalue weighted by Gasteiger charge is 1.91. The summed E-state index contributed by atoms with van der Waals surface area (Å²) in [7, 11) is 0. The van der Waals surface area contributed by atoms with Gasteiger partial charge in [-0.05, 0) is 13.3 Å². The molecule has 0 rings (SSSR count). The van der Waals surface area contributed by atoms with Crippen molar-refractivity contribution in [1.29, 1.82) is 0 Å². The second kappa shape index (κ2) is 15.8. The summed E-state index contributed by atoms with van der Waals surface area (Å²) in [5, 5.41) is 0. The highest BCUT2D eigenvalue weighted by molar-refractivity contribution is 4.36. The zero-order valence-corrected chi connectivity index (χ0v) is 11.2. The predicted octanol–water partition coefficient (Wildman–Crippen LogP) is 1.38. The maximum Gasteiger partial charge on any atom is 0.0916 e. The lowest BCUT2D eigenvalue weighted by Gasteiger charge is -2.07. The van der Waals surface area contributed by atoms with Crippen LogP contribution >= 0.6 is 0 Å². The van der Waals surface area contributed by atoms with Crippen LogP contribution in [0.5, 0.6) is 0 Å². The summed E-state index contributed by atoms with van der Waals surface area (Å²) >= 11 is 0. The molecular weight excluding hydrogens is 222 g/mol. The molecule has 104 valence electrons. The van der Waals surface area contributed by atoms with Gasteiger partial charge in [-0.2, -0.15) is 0 Å². The largest absolute Gasteiger partial charge is 0.379 e. The van der Waals surface area contributed by atoms with E-state index >= 15 is 0 Å². The summed E-state index contributed by atoms with van der Waals surface area (Å²) in [6, 6.07) is 0. The van der Waals surface area contributed by atoms with Crippen LogP contribution in [-0.2, 0) is 19.0 Å². The first kappa shape index (κ1) is 16.8. The van der Waals surface area contributed by atoms with Crippen LogP contribution in [0, 0.1) is 0 Å². The normalized spacial score (nSPS) is 10.9. The SMILES string of the molecule is CCCCOCCONCCOCCOCC. The number of hydrogen-bond acceptors (Lipinski definition) is 5. The first-order valence-electron chi connectivity index (χ1n) is 6.49. The molecule has 0 heterocycles. The summed E-state index contributed by atoms with van der Waals surface area (Å²) in [6.07, 6.45) is 2.28. The van der Waals surface area contributed by atoms with E-state index in [0.29, 0.717) is 39.6 Å². The number of nitrogens with one attached hydrogen (secondary N) is 1. The summed E-state index contributed by atoms with van der Waals surface area (Å²) in [5.74, 6) is 0. The monoisotopic (exact) mass is 249 g/mol. The van der Waals surface area contributed by atoms with E-state index in [2.05, 4.69) is 12.4 Å². The highest BCUT2D eigenvalue weighted by Crippen LogP contribution is 1.87. The Morgan fingerprint density at radius 3 is 2.24 bits per heavy atom. The minimum atomic E-state index is 0.572. The zero-order chi connectivity index (χ0) is 12.6. The van der Waals surface area contributed by atoms with Gasteiger partial charge in [-0.15, -0.1) is 0 Å². The third kappa shape index (κ3) is 15.8. The zero-order valence-electron chi connectivity index (χ0n) is 11.2. The van der Waals surface area contributed by atoms with E-state index in [1.54, 1.807) is 0 Å². The van der Waals surface area contributed by atoms with Gasteiger partial charge in [-0.1, -0.05) is 13.3 Å². The molecule has 0 aliphatic heterocycles. The van der Waals surface area contributed by atoms with Gasteiger partial charge in [0, 0.05) is 19.8 Å². The lowest BCUT2D eigenvalue weighted by molar-refractivity contribution is -0.0190. The molecule has 5 heteroatoms. The van der Waals surface area contributed by atoms with Crippen molar-refractivity contribution < 1.29 is 19.0 Å². The Morgan fingerprint density at radius 1 is 0.765 bits per heavy atom. The first-order chi connectivity index (χ1) is 8.41. The van der Waals surface area contributed by atoms with Crippen molar-refractivity contribution in [1.82, 2.24) is 5.48 Å².